The summed E-state index contributed by atoms with van der Waals surface area (Å²) in [7, 11) is 0. The molecule has 0 saturated heterocycles. The second kappa shape index (κ2) is 4.83. The van der Waals surface area contributed by atoms with Crippen molar-refractivity contribution in [3.63, 3.8) is 0 Å². The molecule has 6 heteroatoms. The first-order chi connectivity index (χ1) is 2.77. The second-order valence-electron chi connectivity index (χ2n) is 0.425. The van der Waals surface area contributed by atoms with Crippen molar-refractivity contribution in [1.82, 2.24) is 0 Å². The van der Waals surface area contributed by atoms with Crippen LogP contribution in [0.4, 0.5) is 0 Å². The number of rotatable bonds is 2. The van der Waals surface area contributed by atoms with Crippen molar-refractivity contribution in [2.75, 3.05) is 0 Å². The summed E-state index contributed by atoms with van der Waals surface area (Å²) in [6.07, 6.45) is 0. The Labute approximate surface area is 38.1 Å². The van der Waals surface area contributed by atoms with E-state index in [0.29, 0.717) is 0 Å². The fourth-order valence-corrected chi connectivity index (χ4v) is 0.0351. The van der Waals surface area contributed by atoms with E-state index in [4.69, 9.17) is 14.9 Å². The Morgan fingerprint density at radius 3 is 2.14 bits per heavy atom. The number of carbonyl (C=O) groups excluding carboxylic acids is 1. The Bertz CT molecular complexity index is 68.5. The molecule has 0 aliphatic carbocycles. The van der Waals surface area contributed by atoms with E-state index >= 15 is 0 Å². The molecular weight excluding hydrogens is 106 g/mol. The van der Waals surface area contributed by atoms with Crippen LogP contribution >= 0.6 is 0 Å². The zero-order valence-electron chi connectivity index (χ0n) is 3.16. The molecule has 0 atom stereocenters. The molecule has 7 heavy (non-hydrogen) atoms. The molecule has 0 amide bonds. The van der Waals surface area contributed by atoms with Gasteiger partial charge in [0, 0.05) is 0 Å². The van der Waals surface area contributed by atoms with Crippen LogP contribution in [0.15, 0.2) is 0 Å². The molecule has 42 valence electrons. The van der Waals surface area contributed by atoms with E-state index in [9.17, 15) is 0 Å². The minimum absolute atomic E-state index is 0. The van der Waals surface area contributed by atoms with E-state index in [1.807, 2.05) is 0 Å². The van der Waals surface area contributed by atoms with Gasteiger partial charge in [-0.2, -0.15) is 0 Å². The van der Waals surface area contributed by atoms with Gasteiger partial charge in [0.2, 0.25) is 0 Å². The van der Waals surface area contributed by atoms with Crippen LogP contribution in [0.3, 0.4) is 0 Å². The third kappa shape index (κ3) is 11.6. The molecule has 0 rings (SSSR count). The third-order valence-electron chi connectivity index (χ3n) is 0.129. The minimum atomic E-state index is -1.19. The molecule has 0 unspecified atom stereocenters. The molecule has 0 aromatic carbocycles. The van der Waals surface area contributed by atoms with Crippen molar-refractivity contribution in [2.45, 2.75) is 0 Å². The maximum atomic E-state index is 8.95. The van der Waals surface area contributed by atoms with Crippen LogP contribution in [0.5, 0.6) is 0 Å². The number of hydrogen-bond acceptors (Lipinski definition) is 4. The average molecular weight is 109 g/mol. The standard InChI is InChI=1S/CHNO4.H2O/c3-1-6-2(4)5;/h1H;1H2. The lowest BCUT2D eigenvalue weighted by atomic mass is 11.6. The molecule has 0 bridgehead atoms. The van der Waals surface area contributed by atoms with Crippen LogP contribution in [-0.2, 0) is 9.63 Å². The van der Waals surface area contributed by atoms with Gasteiger partial charge in [-0.1, -0.05) is 0 Å². The largest absolute Gasteiger partial charge is 0.412 e. The Morgan fingerprint density at radius 1 is 1.71 bits per heavy atom. The molecule has 0 aliphatic heterocycles. The summed E-state index contributed by atoms with van der Waals surface area (Å²) in [5.74, 6) is 0. The van der Waals surface area contributed by atoms with E-state index < -0.39 is 5.09 Å². The van der Waals surface area contributed by atoms with E-state index in [-0.39, 0.29) is 11.9 Å². The van der Waals surface area contributed by atoms with Crippen LogP contribution < -0.4 is 0 Å². The molecule has 0 fully saturated rings. The third-order valence-corrected chi connectivity index (χ3v) is 0.129. The van der Waals surface area contributed by atoms with Gasteiger partial charge in [-0.15, -0.1) is 10.1 Å². The molecule has 0 radical (unpaired) electrons. The average Bonchev–Trinajstić information content (AvgIpc) is 1.35. The van der Waals surface area contributed by atoms with Crippen molar-refractivity contribution in [3.8, 4) is 0 Å². The van der Waals surface area contributed by atoms with Crippen LogP contribution in [0, 0.1) is 10.1 Å². The minimum Gasteiger partial charge on any atom is -0.412 e. The summed E-state index contributed by atoms with van der Waals surface area (Å²) < 4.78 is 0. The fourth-order valence-electron chi connectivity index (χ4n) is 0.0351. The SMILES string of the molecule is O.O=CO[N+](=O)[O-]. The molecule has 0 saturated carbocycles. The van der Waals surface area contributed by atoms with Crippen LogP contribution in [0.2, 0.25) is 0 Å². The van der Waals surface area contributed by atoms with Gasteiger partial charge in [-0.25, -0.2) is 4.84 Å². The summed E-state index contributed by atoms with van der Waals surface area (Å²) >= 11 is 0. The predicted octanol–water partition coefficient (Wildman–Crippen LogP) is -1.47. The highest BCUT2D eigenvalue weighted by Crippen LogP contribution is 1.60. The summed E-state index contributed by atoms with van der Waals surface area (Å²) in [5.41, 5.74) is 0. The zero-order valence-corrected chi connectivity index (χ0v) is 3.16. The summed E-state index contributed by atoms with van der Waals surface area (Å²) in [6.45, 7) is -0.250. The highest BCUT2D eigenvalue weighted by Gasteiger charge is 1.84. The molecule has 0 aliphatic rings. The van der Waals surface area contributed by atoms with Gasteiger partial charge in [-0.3, -0.25) is 4.79 Å². The highest BCUT2D eigenvalue weighted by molar-refractivity contribution is 5.35. The quantitative estimate of drug-likeness (QED) is 0.245. The van der Waals surface area contributed by atoms with Gasteiger partial charge in [0.25, 0.3) is 6.47 Å². The first-order valence-corrected chi connectivity index (χ1v) is 1.02. The van der Waals surface area contributed by atoms with Gasteiger partial charge in [0.05, 0.1) is 0 Å². The lowest BCUT2D eigenvalue weighted by molar-refractivity contribution is -0.726. The van der Waals surface area contributed by atoms with Crippen molar-refractivity contribution in [1.29, 1.82) is 0 Å². The summed E-state index contributed by atoms with van der Waals surface area (Å²) in [6, 6.07) is 0. The van der Waals surface area contributed by atoms with Gasteiger partial charge in [0.15, 0.2) is 0 Å². The normalized spacial score (nSPS) is 5.71. The van der Waals surface area contributed by atoms with Gasteiger partial charge in [-0.05, 0) is 0 Å². The monoisotopic (exact) mass is 109 g/mol. The number of hydrogen-bond donors (Lipinski definition) is 0. The fraction of sp³-hybridized carbons (Fsp3) is 0. The first-order valence-electron chi connectivity index (χ1n) is 1.02. The first kappa shape index (κ1) is 9.27. The van der Waals surface area contributed by atoms with Crippen molar-refractivity contribution >= 4 is 6.47 Å². The van der Waals surface area contributed by atoms with Gasteiger partial charge >= 0.3 is 5.09 Å². The topological polar surface area (TPSA) is 101 Å². The van der Waals surface area contributed by atoms with E-state index in [1.165, 1.54) is 0 Å². The van der Waals surface area contributed by atoms with Crippen LogP contribution in [0.25, 0.3) is 0 Å². The molecule has 6 nitrogen and oxygen atoms in total. The zero-order chi connectivity index (χ0) is 4.99. The lowest BCUT2D eigenvalue weighted by Gasteiger charge is -1.73. The molecule has 0 heterocycles. The highest BCUT2D eigenvalue weighted by atomic mass is 17.0. The Hall–Kier alpha value is -1.17. The van der Waals surface area contributed by atoms with Gasteiger partial charge < -0.3 is 5.48 Å². The Morgan fingerprint density at radius 2 is 2.14 bits per heavy atom. The van der Waals surface area contributed by atoms with Crippen LogP contribution in [-0.4, -0.2) is 17.0 Å². The predicted molar refractivity (Wildman–Crippen MR) is 17.8 cm³/mol. The second-order valence-corrected chi connectivity index (χ2v) is 0.425. The molecule has 2 N–H and O–H groups in total. The summed E-state index contributed by atoms with van der Waals surface area (Å²) in [5, 5.41) is 7.76. The maximum Gasteiger partial charge on any atom is 0.302 e. The molecule has 0 aromatic rings. The van der Waals surface area contributed by atoms with Crippen molar-refractivity contribution < 1.29 is 20.2 Å². The van der Waals surface area contributed by atoms with Crippen LogP contribution in [0.1, 0.15) is 0 Å². The lowest BCUT2D eigenvalue weighted by Crippen LogP contribution is -1.95. The van der Waals surface area contributed by atoms with E-state index in [2.05, 4.69) is 4.84 Å². The number of carbonyl (C=O) groups is 1. The smallest absolute Gasteiger partial charge is 0.302 e. The Kier molecular flexibility index (Phi) is 6.40. The Balaban J connectivity index is 0. The van der Waals surface area contributed by atoms with Crippen molar-refractivity contribution in [2.24, 2.45) is 0 Å². The van der Waals surface area contributed by atoms with Gasteiger partial charge in [0.1, 0.15) is 0 Å². The van der Waals surface area contributed by atoms with E-state index in [0.717, 1.165) is 0 Å². The van der Waals surface area contributed by atoms with E-state index in [1.54, 1.807) is 0 Å². The maximum absolute atomic E-state index is 8.95. The number of nitrogens with zero attached hydrogens (tertiary/aromatic N) is 1. The van der Waals surface area contributed by atoms with Crippen molar-refractivity contribution in [3.05, 3.63) is 10.1 Å². The molecule has 0 aromatic heterocycles. The molecular formula is CH3NO5. The summed E-state index contributed by atoms with van der Waals surface area (Å²) in [4.78, 5) is 21.0. The molecule has 0 spiro atoms.